The number of thiocarbonyl (C=S) groups is 1. The van der Waals surface area contributed by atoms with E-state index in [1.807, 2.05) is 0 Å². The summed E-state index contributed by atoms with van der Waals surface area (Å²) in [5, 5.41) is 3.38. The topological polar surface area (TPSA) is 60.2 Å². The van der Waals surface area contributed by atoms with Crippen molar-refractivity contribution in [2.45, 2.75) is 44.6 Å². The minimum Gasteiger partial charge on any atom is -0.389 e. The summed E-state index contributed by atoms with van der Waals surface area (Å²) >= 11 is 5.17. The van der Waals surface area contributed by atoms with Crippen LogP contribution in [0, 0.1) is 0 Å². The highest BCUT2D eigenvalue weighted by molar-refractivity contribution is 7.80. The van der Waals surface area contributed by atoms with Crippen LogP contribution in [0.3, 0.4) is 0 Å². The Morgan fingerprint density at radius 3 is 3.00 bits per heavy atom. The molecule has 1 unspecified atom stereocenters. The van der Waals surface area contributed by atoms with E-state index in [0.29, 0.717) is 4.99 Å². The van der Waals surface area contributed by atoms with Gasteiger partial charge < -0.3 is 15.8 Å². The molecule has 2 aliphatic rings. The first-order valence-corrected chi connectivity index (χ1v) is 7.83. The van der Waals surface area contributed by atoms with Gasteiger partial charge in [0.1, 0.15) is 10.8 Å². The van der Waals surface area contributed by atoms with E-state index in [0.717, 1.165) is 50.2 Å². The Kier molecular flexibility index (Phi) is 4.17. The Hall–Kier alpha value is -1.20. The fraction of sp³-hybridized carbons (Fsp3) is 0.600. The summed E-state index contributed by atoms with van der Waals surface area (Å²) in [5.41, 5.74) is 9.23. The lowest BCUT2D eigenvalue weighted by molar-refractivity contribution is 0.120. The number of nitrogens with two attached hydrogens (primary N) is 1. The van der Waals surface area contributed by atoms with E-state index in [4.69, 9.17) is 27.7 Å². The number of hydrogen-bond acceptors (Lipinski definition) is 4. The van der Waals surface area contributed by atoms with Gasteiger partial charge in [-0.2, -0.15) is 0 Å². The molecule has 0 radical (unpaired) electrons. The highest BCUT2D eigenvalue weighted by Crippen LogP contribution is 2.25. The zero-order chi connectivity index (χ0) is 13.9. The van der Waals surface area contributed by atoms with Crippen LogP contribution >= 0.6 is 12.2 Å². The molecule has 0 spiro atoms. The highest BCUT2D eigenvalue weighted by atomic mass is 32.1. The summed E-state index contributed by atoms with van der Waals surface area (Å²) in [5.74, 6) is 0.827. The molecule has 5 heteroatoms. The second-order valence-electron chi connectivity index (χ2n) is 5.58. The maximum Gasteiger partial charge on any atom is 0.136 e. The number of hydrogen-bond donors (Lipinski definition) is 2. The van der Waals surface area contributed by atoms with Gasteiger partial charge >= 0.3 is 0 Å². The van der Waals surface area contributed by atoms with Gasteiger partial charge in [-0.15, -0.1) is 0 Å². The number of aromatic nitrogens is 1. The molecule has 0 bridgehead atoms. The highest BCUT2D eigenvalue weighted by Gasteiger charge is 2.19. The molecule has 2 heterocycles. The summed E-state index contributed by atoms with van der Waals surface area (Å²) in [6.45, 7) is 1.65. The number of pyridine rings is 1. The second-order valence-corrected chi connectivity index (χ2v) is 6.02. The number of anilines is 1. The Morgan fingerprint density at radius 1 is 1.40 bits per heavy atom. The molecule has 3 N–H and O–H groups in total. The van der Waals surface area contributed by atoms with Crippen LogP contribution in [-0.2, 0) is 17.6 Å². The van der Waals surface area contributed by atoms with Gasteiger partial charge in [0.15, 0.2) is 0 Å². The lowest BCUT2D eigenvalue weighted by Gasteiger charge is -2.20. The first-order chi connectivity index (χ1) is 9.74. The molecule has 0 aromatic carbocycles. The standard InChI is InChI=1S/C15H21N3OS/c16-14(20)12-8-10-4-1-2-6-13(10)18-15(12)17-9-11-5-3-7-19-11/h8,11H,1-7,9H2,(H2,16,20)(H,17,18). The van der Waals surface area contributed by atoms with E-state index >= 15 is 0 Å². The van der Waals surface area contributed by atoms with Gasteiger partial charge in [0, 0.05) is 18.8 Å². The first-order valence-electron chi connectivity index (χ1n) is 7.42. The lowest BCUT2D eigenvalue weighted by atomic mass is 9.94. The van der Waals surface area contributed by atoms with Crippen molar-refractivity contribution < 1.29 is 4.74 Å². The first kappa shape index (κ1) is 13.8. The van der Waals surface area contributed by atoms with Crippen molar-refractivity contribution in [1.82, 2.24) is 4.98 Å². The van der Waals surface area contributed by atoms with Gasteiger partial charge in [-0.3, -0.25) is 0 Å². The molecule has 20 heavy (non-hydrogen) atoms. The second kappa shape index (κ2) is 6.06. The average molecular weight is 291 g/mol. The van der Waals surface area contributed by atoms with Crippen molar-refractivity contribution in [2.75, 3.05) is 18.5 Å². The smallest absolute Gasteiger partial charge is 0.136 e. The molecule has 1 aliphatic heterocycles. The predicted octanol–water partition coefficient (Wildman–Crippen LogP) is 2.19. The van der Waals surface area contributed by atoms with E-state index in [1.165, 1.54) is 24.1 Å². The Balaban J connectivity index is 1.81. The molecule has 1 aromatic rings. The molecule has 1 aromatic heterocycles. The Bertz CT molecular complexity index is 512. The van der Waals surface area contributed by atoms with Crippen molar-refractivity contribution in [3.05, 3.63) is 22.9 Å². The molecule has 108 valence electrons. The SMILES string of the molecule is NC(=S)c1cc2c(nc1NCC1CCCO1)CCCC2. The van der Waals surface area contributed by atoms with E-state index in [1.54, 1.807) is 0 Å². The van der Waals surface area contributed by atoms with Crippen molar-refractivity contribution >= 4 is 23.0 Å². The van der Waals surface area contributed by atoms with Crippen LogP contribution in [0.5, 0.6) is 0 Å². The van der Waals surface area contributed by atoms with Crippen LogP contribution in [0.1, 0.15) is 42.5 Å². The number of rotatable bonds is 4. The van der Waals surface area contributed by atoms with E-state index < -0.39 is 0 Å². The number of fused-ring (bicyclic) bond motifs is 1. The number of ether oxygens (including phenoxy) is 1. The molecule has 1 fully saturated rings. The van der Waals surface area contributed by atoms with E-state index in [9.17, 15) is 0 Å². The molecule has 0 saturated carbocycles. The number of nitrogens with one attached hydrogen (secondary N) is 1. The minimum absolute atomic E-state index is 0.284. The quantitative estimate of drug-likeness (QED) is 0.833. The van der Waals surface area contributed by atoms with Gasteiger partial charge in [0.2, 0.25) is 0 Å². The zero-order valence-corrected chi connectivity index (χ0v) is 12.5. The van der Waals surface area contributed by atoms with Crippen molar-refractivity contribution in [1.29, 1.82) is 0 Å². The minimum atomic E-state index is 0.284. The predicted molar refractivity (Wildman–Crippen MR) is 84.2 cm³/mol. The van der Waals surface area contributed by atoms with E-state index in [2.05, 4.69) is 11.4 Å². The van der Waals surface area contributed by atoms with Crippen molar-refractivity contribution in [3.8, 4) is 0 Å². The van der Waals surface area contributed by atoms with E-state index in [-0.39, 0.29) is 6.10 Å². The molecule has 1 saturated heterocycles. The maximum atomic E-state index is 5.85. The molecule has 3 rings (SSSR count). The summed E-state index contributed by atoms with van der Waals surface area (Å²) in [6, 6.07) is 2.13. The Labute approximate surface area is 125 Å². The van der Waals surface area contributed by atoms with Gasteiger partial charge in [-0.05, 0) is 50.2 Å². The molecular formula is C15H21N3OS. The third kappa shape index (κ3) is 2.94. The van der Waals surface area contributed by atoms with Gasteiger partial charge in [-0.25, -0.2) is 4.98 Å². The molecular weight excluding hydrogens is 270 g/mol. The number of nitrogens with zero attached hydrogens (tertiary/aromatic N) is 1. The van der Waals surface area contributed by atoms with Crippen molar-refractivity contribution in [3.63, 3.8) is 0 Å². The summed E-state index contributed by atoms with van der Waals surface area (Å²) in [4.78, 5) is 5.18. The summed E-state index contributed by atoms with van der Waals surface area (Å²) in [6.07, 6.45) is 7.14. The monoisotopic (exact) mass is 291 g/mol. The van der Waals surface area contributed by atoms with Crippen molar-refractivity contribution in [2.24, 2.45) is 5.73 Å². The number of aryl methyl sites for hydroxylation is 2. The molecule has 0 amide bonds. The van der Waals surface area contributed by atoms with Crippen LogP contribution in [0.15, 0.2) is 6.07 Å². The lowest BCUT2D eigenvalue weighted by Crippen LogP contribution is -2.23. The van der Waals surface area contributed by atoms with Gasteiger partial charge in [0.05, 0.1) is 11.7 Å². The van der Waals surface area contributed by atoms with Gasteiger partial charge in [-0.1, -0.05) is 12.2 Å². The average Bonchev–Trinajstić information content (AvgIpc) is 2.97. The Morgan fingerprint density at radius 2 is 2.25 bits per heavy atom. The maximum absolute atomic E-state index is 5.85. The fourth-order valence-corrected chi connectivity index (χ4v) is 3.13. The van der Waals surface area contributed by atoms with Crippen LogP contribution in [0.2, 0.25) is 0 Å². The molecule has 1 aliphatic carbocycles. The van der Waals surface area contributed by atoms with Crippen LogP contribution in [0.25, 0.3) is 0 Å². The summed E-state index contributed by atoms with van der Waals surface area (Å²) in [7, 11) is 0. The summed E-state index contributed by atoms with van der Waals surface area (Å²) < 4.78 is 5.63. The zero-order valence-electron chi connectivity index (χ0n) is 11.7. The van der Waals surface area contributed by atoms with Crippen LogP contribution in [0.4, 0.5) is 5.82 Å². The third-order valence-electron chi connectivity index (χ3n) is 4.09. The molecule has 1 atom stereocenters. The van der Waals surface area contributed by atoms with Crippen LogP contribution < -0.4 is 11.1 Å². The van der Waals surface area contributed by atoms with Gasteiger partial charge in [0.25, 0.3) is 0 Å². The molecule has 4 nitrogen and oxygen atoms in total. The third-order valence-corrected chi connectivity index (χ3v) is 4.31. The van der Waals surface area contributed by atoms with Crippen LogP contribution in [-0.4, -0.2) is 29.2 Å². The largest absolute Gasteiger partial charge is 0.389 e. The fourth-order valence-electron chi connectivity index (χ4n) is 2.97. The normalized spacial score (nSPS) is 21.5.